The first kappa shape index (κ1) is 21.5. The van der Waals surface area contributed by atoms with Crippen molar-refractivity contribution in [3.05, 3.63) is 59.7 Å². The average Bonchev–Trinajstić information content (AvgIpc) is 2.73. The summed E-state index contributed by atoms with van der Waals surface area (Å²) in [6, 6.07) is 9.71. The highest BCUT2D eigenvalue weighted by Crippen LogP contribution is 2.18. The third kappa shape index (κ3) is 5.68. The number of nitrogens with zero attached hydrogens (tertiary/aromatic N) is 1. The second-order valence-corrected chi connectivity index (χ2v) is 6.95. The van der Waals surface area contributed by atoms with Crippen molar-refractivity contribution in [2.24, 2.45) is 0 Å². The number of rotatable bonds is 7. The zero-order valence-electron chi connectivity index (χ0n) is 16.7. The Kier molecular flexibility index (Phi) is 7.21. The number of hydrogen-bond acceptors (Lipinski definition) is 4. The molecule has 1 heterocycles. The lowest BCUT2D eigenvalue weighted by Gasteiger charge is -2.32. The quantitative estimate of drug-likeness (QED) is 0.750. The Morgan fingerprint density at radius 1 is 1.03 bits per heavy atom. The number of carbonyl (C=O) groups excluding carboxylic acids is 2. The summed E-state index contributed by atoms with van der Waals surface area (Å²) in [5.41, 5.74) is -0.196. The molecule has 2 aromatic carbocycles. The summed E-state index contributed by atoms with van der Waals surface area (Å²) in [4.78, 5) is 26.2. The molecular formula is C22H24F2N2O4. The zero-order valence-corrected chi connectivity index (χ0v) is 16.7. The molecule has 30 heavy (non-hydrogen) atoms. The van der Waals surface area contributed by atoms with Crippen molar-refractivity contribution in [2.45, 2.75) is 25.8 Å². The van der Waals surface area contributed by atoms with Crippen LogP contribution in [0.5, 0.6) is 11.5 Å². The van der Waals surface area contributed by atoms with E-state index in [0.717, 1.165) is 17.9 Å². The van der Waals surface area contributed by atoms with Gasteiger partial charge in [-0.15, -0.1) is 0 Å². The lowest BCUT2D eigenvalue weighted by atomic mass is 10.0. The molecule has 1 N–H and O–H groups in total. The predicted molar refractivity (Wildman–Crippen MR) is 107 cm³/mol. The number of halogens is 2. The maximum absolute atomic E-state index is 13.7. The predicted octanol–water partition coefficient (Wildman–Crippen LogP) is 3.16. The second-order valence-electron chi connectivity index (χ2n) is 6.95. The fourth-order valence-corrected chi connectivity index (χ4v) is 3.25. The highest BCUT2D eigenvalue weighted by Gasteiger charge is 2.25. The average molecular weight is 418 g/mol. The van der Waals surface area contributed by atoms with Gasteiger partial charge < -0.3 is 19.7 Å². The molecule has 3 rings (SSSR count). The Morgan fingerprint density at radius 3 is 2.27 bits per heavy atom. The van der Waals surface area contributed by atoms with Gasteiger partial charge in [-0.2, -0.15) is 0 Å². The van der Waals surface area contributed by atoms with Crippen LogP contribution in [0.25, 0.3) is 0 Å². The van der Waals surface area contributed by atoms with Crippen molar-refractivity contribution < 1.29 is 27.8 Å². The number of hydrogen-bond donors (Lipinski definition) is 1. The van der Waals surface area contributed by atoms with Crippen molar-refractivity contribution in [3.8, 4) is 11.5 Å². The molecule has 2 amide bonds. The van der Waals surface area contributed by atoms with Gasteiger partial charge in [0, 0.05) is 25.2 Å². The summed E-state index contributed by atoms with van der Waals surface area (Å²) in [6.07, 6.45) is 1.09. The Morgan fingerprint density at radius 2 is 1.67 bits per heavy atom. The van der Waals surface area contributed by atoms with Gasteiger partial charge in [0.15, 0.2) is 6.61 Å². The Hall–Kier alpha value is -3.16. The molecule has 0 unspecified atom stereocenters. The SMILES string of the molecule is CCOc1ccc(OCC(=O)N2CCC(NC(=O)c3ccc(F)cc3F)CC2)cc1. The first-order valence-electron chi connectivity index (χ1n) is 9.85. The minimum atomic E-state index is -0.897. The van der Waals surface area contributed by atoms with E-state index in [1.807, 2.05) is 6.92 Å². The lowest BCUT2D eigenvalue weighted by molar-refractivity contribution is -0.134. The van der Waals surface area contributed by atoms with Gasteiger partial charge in [-0.25, -0.2) is 8.78 Å². The van der Waals surface area contributed by atoms with E-state index in [2.05, 4.69) is 5.32 Å². The summed E-state index contributed by atoms with van der Waals surface area (Å²) in [5, 5.41) is 2.75. The molecule has 0 spiro atoms. The van der Waals surface area contributed by atoms with Crippen LogP contribution in [0.4, 0.5) is 8.78 Å². The van der Waals surface area contributed by atoms with E-state index in [0.29, 0.717) is 44.4 Å². The molecule has 0 radical (unpaired) electrons. The Balaban J connectivity index is 1.43. The standard InChI is InChI=1S/C22H24F2N2O4/c1-2-29-17-4-6-18(7-5-17)30-14-21(27)26-11-9-16(10-12-26)25-22(28)19-8-3-15(23)13-20(19)24/h3-8,13,16H,2,9-12,14H2,1H3,(H,25,28). The van der Waals surface area contributed by atoms with Gasteiger partial charge in [0.1, 0.15) is 23.1 Å². The van der Waals surface area contributed by atoms with E-state index >= 15 is 0 Å². The molecule has 1 aliphatic heterocycles. The van der Waals surface area contributed by atoms with Crippen LogP contribution < -0.4 is 14.8 Å². The fraction of sp³-hybridized carbons (Fsp3) is 0.364. The minimum Gasteiger partial charge on any atom is -0.494 e. The second kappa shape index (κ2) is 10.0. The molecule has 1 aliphatic rings. The van der Waals surface area contributed by atoms with Crippen LogP contribution in [-0.4, -0.2) is 49.1 Å². The van der Waals surface area contributed by atoms with E-state index < -0.39 is 17.5 Å². The Labute approximate surface area is 173 Å². The first-order chi connectivity index (χ1) is 14.5. The number of nitrogens with one attached hydrogen (secondary N) is 1. The number of carbonyl (C=O) groups is 2. The molecule has 0 aliphatic carbocycles. The van der Waals surface area contributed by atoms with Crippen LogP contribution in [-0.2, 0) is 4.79 Å². The largest absolute Gasteiger partial charge is 0.494 e. The van der Waals surface area contributed by atoms with Gasteiger partial charge in [-0.1, -0.05) is 0 Å². The van der Waals surface area contributed by atoms with Gasteiger partial charge in [0.2, 0.25) is 0 Å². The number of piperidine rings is 1. The van der Waals surface area contributed by atoms with Gasteiger partial charge in [0.25, 0.3) is 11.8 Å². The molecular weight excluding hydrogens is 394 g/mol. The van der Waals surface area contributed by atoms with Crippen molar-refractivity contribution >= 4 is 11.8 Å². The molecule has 1 fully saturated rings. The fourth-order valence-electron chi connectivity index (χ4n) is 3.25. The molecule has 0 atom stereocenters. The number of ether oxygens (including phenoxy) is 2. The first-order valence-corrected chi connectivity index (χ1v) is 9.85. The van der Waals surface area contributed by atoms with Crippen molar-refractivity contribution in [2.75, 3.05) is 26.3 Å². The van der Waals surface area contributed by atoms with E-state index in [-0.39, 0.29) is 24.1 Å². The van der Waals surface area contributed by atoms with Crippen LogP contribution in [0.2, 0.25) is 0 Å². The summed E-state index contributed by atoms with van der Waals surface area (Å²) in [6.45, 7) is 3.32. The van der Waals surface area contributed by atoms with Crippen LogP contribution in [0.3, 0.4) is 0 Å². The van der Waals surface area contributed by atoms with Gasteiger partial charge in [-0.3, -0.25) is 9.59 Å². The zero-order chi connectivity index (χ0) is 21.5. The maximum atomic E-state index is 13.7. The highest BCUT2D eigenvalue weighted by molar-refractivity contribution is 5.94. The number of amides is 2. The number of likely N-dealkylation sites (tertiary alicyclic amines) is 1. The molecule has 1 saturated heterocycles. The smallest absolute Gasteiger partial charge is 0.260 e. The number of benzene rings is 2. The monoisotopic (exact) mass is 418 g/mol. The van der Waals surface area contributed by atoms with Crippen molar-refractivity contribution in [1.29, 1.82) is 0 Å². The molecule has 0 bridgehead atoms. The van der Waals surface area contributed by atoms with E-state index in [1.54, 1.807) is 29.2 Å². The third-order valence-electron chi connectivity index (χ3n) is 4.86. The maximum Gasteiger partial charge on any atom is 0.260 e. The van der Waals surface area contributed by atoms with Gasteiger partial charge in [-0.05, 0) is 56.2 Å². The van der Waals surface area contributed by atoms with Crippen molar-refractivity contribution in [3.63, 3.8) is 0 Å². The van der Waals surface area contributed by atoms with Crippen molar-refractivity contribution in [1.82, 2.24) is 10.2 Å². The van der Waals surface area contributed by atoms with Crippen LogP contribution in [0.15, 0.2) is 42.5 Å². The van der Waals surface area contributed by atoms with E-state index in [1.165, 1.54) is 0 Å². The Bertz CT molecular complexity index is 881. The molecule has 160 valence electrons. The van der Waals surface area contributed by atoms with Gasteiger partial charge >= 0.3 is 0 Å². The van der Waals surface area contributed by atoms with E-state index in [4.69, 9.17) is 9.47 Å². The summed E-state index contributed by atoms with van der Waals surface area (Å²) in [7, 11) is 0. The summed E-state index contributed by atoms with van der Waals surface area (Å²) < 4.78 is 37.6. The third-order valence-corrected chi connectivity index (χ3v) is 4.86. The summed E-state index contributed by atoms with van der Waals surface area (Å²) >= 11 is 0. The lowest BCUT2D eigenvalue weighted by Crippen LogP contribution is -2.47. The normalized spacial score (nSPS) is 14.3. The van der Waals surface area contributed by atoms with E-state index in [9.17, 15) is 18.4 Å². The molecule has 8 heteroatoms. The summed E-state index contributed by atoms with van der Waals surface area (Å²) in [5.74, 6) is -1.04. The highest BCUT2D eigenvalue weighted by atomic mass is 19.1. The molecule has 2 aromatic rings. The minimum absolute atomic E-state index is 0.0776. The molecule has 0 aromatic heterocycles. The van der Waals surface area contributed by atoms with Crippen LogP contribution in [0.1, 0.15) is 30.1 Å². The topological polar surface area (TPSA) is 67.9 Å². The van der Waals surface area contributed by atoms with Crippen LogP contribution in [0, 0.1) is 11.6 Å². The van der Waals surface area contributed by atoms with Crippen LogP contribution >= 0.6 is 0 Å². The molecule has 0 saturated carbocycles. The molecule has 6 nitrogen and oxygen atoms in total. The van der Waals surface area contributed by atoms with Gasteiger partial charge in [0.05, 0.1) is 12.2 Å².